The fraction of sp³-hybridized carbons (Fsp3) is 0.360. The summed E-state index contributed by atoms with van der Waals surface area (Å²) in [5.41, 5.74) is 5.23. The van der Waals surface area contributed by atoms with E-state index in [2.05, 4.69) is 17.1 Å². The van der Waals surface area contributed by atoms with E-state index in [1.54, 1.807) is 18.1 Å². The number of methoxy groups -OCH3 is 1. The maximum Gasteiger partial charge on any atom is 0.273 e. The molecule has 3 aromatic rings. The van der Waals surface area contributed by atoms with Crippen LogP contribution in [0.5, 0.6) is 11.5 Å². The number of hydrogen-bond donors (Lipinski definition) is 2. The van der Waals surface area contributed by atoms with Crippen molar-refractivity contribution in [3.63, 3.8) is 0 Å². The SMILES string of the molecule is CCCOc1cccc([C@@H]2c3c(-c4c(C)cc(C)cc4O)n[nH]c3C(=O)N2CCOC)c1. The Morgan fingerprint density at radius 3 is 2.72 bits per heavy atom. The Morgan fingerprint density at radius 1 is 1.19 bits per heavy atom. The van der Waals surface area contributed by atoms with Gasteiger partial charge >= 0.3 is 0 Å². The Bertz CT molecular complexity index is 1110. The first kappa shape index (κ1) is 21.9. The lowest BCUT2D eigenvalue weighted by atomic mass is 9.93. The molecule has 32 heavy (non-hydrogen) atoms. The summed E-state index contributed by atoms with van der Waals surface area (Å²) < 4.78 is 11.1. The van der Waals surface area contributed by atoms with Gasteiger partial charge in [0, 0.05) is 24.8 Å². The summed E-state index contributed by atoms with van der Waals surface area (Å²) in [5.74, 6) is 0.777. The van der Waals surface area contributed by atoms with Crippen molar-refractivity contribution in [1.29, 1.82) is 0 Å². The van der Waals surface area contributed by atoms with Crippen molar-refractivity contribution in [1.82, 2.24) is 15.1 Å². The van der Waals surface area contributed by atoms with Crippen molar-refractivity contribution >= 4 is 5.91 Å². The molecule has 7 nitrogen and oxygen atoms in total. The molecule has 1 atom stereocenters. The summed E-state index contributed by atoms with van der Waals surface area (Å²) in [4.78, 5) is 15.1. The fourth-order valence-corrected chi connectivity index (χ4v) is 4.40. The van der Waals surface area contributed by atoms with Crippen LogP contribution in [0.4, 0.5) is 0 Å². The number of H-pyrrole nitrogens is 1. The molecule has 168 valence electrons. The molecule has 0 saturated carbocycles. The van der Waals surface area contributed by atoms with Gasteiger partial charge in [-0.05, 0) is 55.2 Å². The first-order valence-electron chi connectivity index (χ1n) is 10.9. The number of phenols is 1. The van der Waals surface area contributed by atoms with Crippen LogP contribution in [0.3, 0.4) is 0 Å². The number of amides is 1. The highest BCUT2D eigenvalue weighted by molar-refractivity contribution is 6.00. The Hall–Kier alpha value is -3.32. The summed E-state index contributed by atoms with van der Waals surface area (Å²) in [5, 5.41) is 18.2. The van der Waals surface area contributed by atoms with Crippen LogP contribution in [0.2, 0.25) is 0 Å². The van der Waals surface area contributed by atoms with Gasteiger partial charge in [-0.3, -0.25) is 9.89 Å². The van der Waals surface area contributed by atoms with Gasteiger partial charge in [0.05, 0.1) is 19.3 Å². The number of aromatic hydroxyl groups is 1. The zero-order chi connectivity index (χ0) is 22.8. The van der Waals surface area contributed by atoms with Gasteiger partial charge in [-0.1, -0.05) is 25.1 Å². The minimum atomic E-state index is -0.369. The number of carbonyl (C=O) groups is 1. The highest BCUT2D eigenvalue weighted by Crippen LogP contribution is 2.45. The number of aromatic nitrogens is 2. The van der Waals surface area contributed by atoms with E-state index in [0.29, 0.717) is 36.7 Å². The summed E-state index contributed by atoms with van der Waals surface area (Å²) in [7, 11) is 1.62. The van der Waals surface area contributed by atoms with Crippen LogP contribution in [-0.4, -0.2) is 53.0 Å². The first-order valence-corrected chi connectivity index (χ1v) is 10.9. The lowest BCUT2D eigenvalue weighted by Crippen LogP contribution is -2.32. The first-order chi connectivity index (χ1) is 15.5. The minimum absolute atomic E-state index is 0.134. The molecule has 0 aliphatic carbocycles. The Morgan fingerprint density at radius 2 is 2.00 bits per heavy atom. The second kappa shape index (κ2) is 9.04. The van der Waals surface area contributed by atoms with Gasteiger partial charge in [-0.2, -0.15) is 5.10 Å². The Balaban J connectivity index is 1.87. The number of carbonyl (C=O) groups excluding carboxylic acids is 1. The van der Waals surface area contributed by atoms with E-state index in [4.69, 9.17) is 9.47 Å². The predicted octanol–water partition coefficient (Wildman–Crippen LogP) is 4.38. The number of fused-ring (bicyclic) bond motifs is 1. The van der Waals surface area contributed by atoms with Crippen LogP contribution in [0, 0.1) is 13.8 Å². The Labute approximate surface area is 188 Å². The minimum Gasteiger partial charge on any atom is -0.507 e. The molecular weight excluding hydrogens is 406 g/mol. The lowest BCUT2D eigenvalue weighted by Gasteiger charge is -2.26. The summed E-state index contributed by atoms with van der Waals surface area (Å²) in [6, 6.07) is 11.2. The molecule has 0 radical (unpaired) electrons. The van der Waals surface area contributed by atoms with Gasteiger partial charge < -0.3 is 19.5 Å². The summed E-state index contributed by atoms with van der Waals surface area (Å²) in [6.07, 6.45) is 0.911. The fourth-order valence-electron chi connectivity index (χ4n) is 4.40. The van der Waals surface area contributed by atoms with E-state index in [-0.39, 0.29) is 17.7 Å². The highest BCUT2D eigenvalue weighted by Gasteiger charge is 2.42. The molecule has 7 heteroatoms. The maximum absolute atomic E-state index is 13.3. The summed E-state index contributed by atoms with van der Waals surface area (Å²) in [6.45, 7) is 7.41. The molecule has 2 heterocycles. The standard InChI is InChI=1S/C25H29N3O4/c1-5-10-32-18-8-6-7-17(14-18)24-21-22(20-16(3)12-15(2)13-19(20)29)26-27-23(21)25(30)28(24)9-11-31-4/h6-8,12-14,24,29H,5,9-11H2,1-4H3,(H,26,27)/t24-/m1/s1. The van der Waals surface area contributed by atoms with Crippen molar-refractivity contribution in [2.24, 2.45) is 0 Å². The van der Waals surface area contributed by atoms with Crippen molar-refractivity contribution < 1.29 is 19.4 Å². The number of nitrogens with one attached hydrogen (secondary N) is 1. The second-order valence-electron chi connectivity index (χ2n) is 8.15. The molecule has 0 saturated heterocycles. The monoisotopic (exact) mass is 435 g/mol. The van der Waals surface area contributed by atoms with Gasteiger partial charge in [-0.15, -0.1) is 0 Å². The largest absolute Gasteiger partial charge is 0.507 e. The number of nitrogens with zero attached hydrogens (tertiary/aromatic N) is 2. The topological polar surface area (TPSA) is 87.7 Å². The number of hydrogen-bond acceptors (Lipinski definition) is 5. The number of phenolic OH excluding ortho intramolecular Hbond substituents is 1. The van der Waals surface area contributed by atoms with E-state index in [0.717, 1.165) is 34.4 Å². The quantitative estimate of drug-likeness (QED) is 0.548. The normalized spacial score (nSPS) is 15.3. The highest BCUT2D eigenvalue weighted by atomic mass is 16.5. The van der Waals surface area contributed by atoms with Crippen LogP contribution in [0.1, 0.15) is 52.1 Å². The Kier molecular flexibility index (Phi) is 6.19. The maximum atomic E-state index is 13.3. The zero-order valence-electron chi connectivity index (χ0n) is 18.9. The van der Waals surface area contributed by atoms with E-state index >= 15 is 0 Å². The van der Waals surface area contributed by atoms with E-state index in [1.807, 2.05) is 44.2 Å². The van der Waals surface area contributed by atoms with Gasteiger partial charge in [0.25, 0.3) is 5.91 Å². The molecule has 4 rings (SSSR count). The molecule has 1 aliphatic heterocycles. The third kappa shape index (κ3) is 3.84. The smallest absolute Gasteiger partial charge is 0.273 e. The summed E-state index contributed by atoms with van der Waals surface area (Å²) >= 11 is 0. The lowest BCUT2D eigenvalue weighted by molar-refractivity contribution is 0.0677. The average molecular weight is 436 g/mol. The molecule has 0 fully saturated rings. The van der Waals surface area contributed by atoms with E-state index in [1.165, 1.54) is 0 Å². The second-order valence-corrected chi connectivity index (χ2v) is 8.15. The zero-order valence-corrected chi connectivity index (χ0v) is 18.9. The van der Waals surface area contributed by atoms with Crippen LogP contribution in [-0.2, 0) is 4.74 Å². The molecule has 2 aromatic carbocycles. The molecule has 0 spiro atoms. The van der Waals surface area contributed by atoms with Crippen LogP contribution in [0.15, 0.2) is 36.4 Å². The molecule has 0 unspecified atom stereocenters. The van der Waals surface area contributed by atoms with Crippen LogP contribution < -0.4 is 4.74 Å². The molecule has 1 amide bonds. The van der Waals surface area contributed by atoms with Crippen molar-refractivity contribution in [2.45, 2.75) is 33.2 Å². The molecular formula is C25H29N3O4. The van der Waals surface area contributed by atoms with Crippen molar-refractivity contribution in [3.05, 3.63) is 64.3 Å². The number of benzene rings is 2. The van der Waals surface area contributed by atoms with Crippen LogP contribution >= 0.6 is 0 Å². The van der Waals surface area contributed by atoms with Gasteiger partial charge in [0.1, 0.15) is 22.9 Å². The van der Waals surface area contributed by atoms with Gasteiger partial charge in [0.2, 0.25) is 0 Å². The van der Waals surface area contributed by atoms with Gasteiger partial charge in [-0.25, -0.2) is 0 Å². The number of rotatable bonds is 8. The number of ether oxygens (including phenoxy) is 2. The van der Waals surface area contributed by atoms with E-state index < -0.39 is 0 Å². The molecule has 2 N–H and O–H groups in total. The number of aromatic amines is 1. The van der Waals surface area contributed by atoms with Crippen molar-refractivity contribution in [3.8, 4) is 22.8 Å². The third-order valence-corrected chi connectivity index (χ3v) is 5.74. The van der Waals surface area contributed by atoms with E-state index in [9.17, 15) is 9.90 Å². The van der Waals surface area contributed by atoms with Crippen LogP contribution in [0.25, 0.3) is 11.3 Å². The average Bonchev–Trinajstić information content (AvgIpc) is 3.29. The number of aryl methyl sites for hydroxylation is 2. The predicted molar refractivity (Wildman–Crippen MR) is 122 cm³/mol. The molecule has 0 bridgehead atoms. The van der Waals surface area contributed by atoms with Crippen molar-refractivity contribution in [2.75, 3.05) is 26.9 Å². The molecule has 1 aliphatic rings. The molecule has 1 aromatic heterocycles. The third-order valence-electron chi connectivity index (χ3n) is 5.74. The van der Waals surface area contributed by atoms with Gasteiger partial charge in [0.15, 0.2) is 0 Å².